The van der Waals surface area contributed by atoms with E-state index in [-0.39, 0.29) is 16.5 Å². The summed E-state index contributed by atoms with van der Waals surface area (Å²) in [4.78, 5) is 29.3. The normalized spacial score (nSPS) is 11.2. The zero-order valence-corrected chi connectivity index (χ0v) is 14.4. The van der Waals surface area contributed by atoms with E-state index in [0.29, 0.717) is 28.6 Å². The summed E-state index contributed by atoms with van der Waals surface area (Å²) in [6.45, 7) is 1.77. The molecular weight excluding hydrogens is 336 g/mol. The maximum absolute atomic E-state index is 12.8. The molecule has 0 saturated carbocycles. The molecule has 4 heterocycles. The van der Waals surface area contributed by atoms with E-state index in [1.807, 2.05) is 0 Å². The Balaban J connectivity index is 1.74. The smallest absolute Gasteiger partial charge is 0.274 e. The minimum atomic E-state index is -0.411. The van der Waals surface area contributed by atoms with Crippen LogP contribution in [0, 0.1) is 6.92 Å². The Morgan fingerprint density at radius 3 is 2.85 bits per heavy atom. The van der Waals surface area contributed by atoms with Crippen LogP contribution in [0.15, 0.2) is 39.7 Å². The van der Waals surface area contributed by atoms with Crippen molar-refractivity contribution < 1.29 is 9.21 Å². The molecule has 2 N–H and O–H groups in total. The molecule has 0 aliphatic rings. The highest BCUT2D eigenvalue weighted by molar-refractivity contribution is 6.11. The van der Waals surface area contributed by atoms with Crippen molar-refractivity contribution in [3.8, 4) is 11.5 Å². The first-order valence-electron chi connectivity index (χ1n) is 7.89. The first-order chi connectivity index (χ1) is 12.4. The summed E-state index contributed by atoms with van der Waals surface area (Å²) in [5.41, 5.74) is 1.57. The Morgan fingerprint density at radius 1 is 1.31 bits per heavy atom. The summed E-state index contributed by atoms with van der Waals surface area (Å²) in [6.07, 6.45) is 1.56. The highest BCUT2D eigenvalue weighted by Crippen LogP contribution is 2.23. The van der Waals surface area contributed by atoms with Crippen molar-refractivity contribution in [3.63, 3.8) is 0 Å². The van der Waals surface area contributed by atoms with Crippen molar-refractivity contribution in [2.45, 2.75) is 6.92 Å². The van der Waals surface area contributed by atoms with Crippen LogP contribution in [-0.4, -0.2) is 30.5 Å². The maximum Gasteiger partial charge on any atom is 0.274 e. The maximum atomic E-state index is 12.8. The van der Waals surface area contributed by atoms with Gasteiger partial charge in [0.2, 0.25) is 0 Å². The number of carbonyl (C=O) groups is 1. The van der Waals surface area contributed by atoms with Crippen molar-refractivity contribution in [1.29, 1.82) is 0 Å². The number of carbonyl (C=O) groups excluding carboxylic acids is 1. The van der Waals surface area contributed by atoms with Crippen LogP contribution < -0.4 is 10.9 Å². The lowest BCUT2D eigenvalue weighted by atomic mass is 10.1. The summed E-state index contributed by atoms with van der Waals surface area (Å²) < 4.78 is 8.36. The van der Waals surface area contributed by atoms with E-state index in [9.17, 15) is 9.59 Å². The largest absolute Gasteiger partial charge is 0.463 e. The minimum Gasteiger partial charge on any atom is -0.463 e. The number of hydrogen-bond acceptors (Lipinski definition) is 5. The fourth-order valence-corrected chi connectivity index (χ4v) is 2.88. The third-order valence-corrected chi connectivity index (χ3v) is 4.08. The molecule has 9 heteroatoms. The molecule has 0 unspecified atom stereocenters. The molecule has 1 amide bonds. The molecule has 4 rings (SSSR count). The standard InChI is InChI=1S/C17H16N6O3/c1-9-7-10(14-15(18-9)23(3)21-17(14)25)16(24)19-13-8-11(20-22(13)2)12-5-4-6-26-12/h4-8H,1-3H3,(H,19,24)(H,21,25). The van der Waals surface area contributed by atoms with Gasteiger partial charge in [0, 0.05) is 25.9 Å². The average molecular weight is 352 g/mol. The number of nitrogens with zero attached hydrogens (tertiary/aromatic N) is 4. The van der Waals surface area contributed by atoms with E-state index < -0.39 is 5.91 Å². The van der Waals surface area contributed by atoms with Crippen molar-refractivity contribution in [2.24, 2.45) is 14.1 Å². The van der Waals surface area contributed by atoms with Crippen LogP contribution >= 0.6 is 0 Å². The molecule has 9 nitrogen and oxygen atoms in total. The predicted octanol–water partition coefficient (Wildman–Crippen LogP) is 1.82. The number of rotatable bonds is 3. The predicted molar refractivity (Wildman–Crippen MR) is 94.9 cm³/mol. The minimum absolute atomic E-state index is 0.254. The molecule has 0 saturated heterocycles. The quantitative estimate of drug-likeness (QED) is 0.584. The average Bonchev–Trinajstić information content (AvgIpc) is 3.29. The fraction of sp³-hybridized carbons (Fsp3) is 0.176. The van der Waals surface area contributed by atoms with E-state index in [0.717, 1.165) is 0 Å². The van der Waals surface area contributed by atoms with Crippen LogP contribution in [0.2, 0.25) is 0 Å². The molecular formula is C17H16N6O3. The number of fused-ring (bicyclic) bond motifs is 1. The van der Waals surface area contributed by atoms with Crippen molar-refractivity contribution in [1.82, 2.24) is 24.5 Å². The second kappa shape index (κ2) is 5.73. The van der Waals surface area contributed by atoms with Crippen LogP contribution in [0.4, 0.5) is 5.82 Å². The summed E-state index contributed by atoms with van der Waals surface area (Å²) in [7, 11) is 3.39. The summed E-state index contributed by atoms with van der Waals surface area (Å²) in [6, 6.07) is 6.85. The number of furan rings is 1. The number of anilines is 1. The van der Waals surface area contributed by atoms with Gasteiger partial charge in [0.1, 0.15) is 11.5 Å². The van der Waals surface area contributed by atoms with E-state index in [1.54, 1.807) is 51.5 Å². The number of pyridine rings is 1. The number of aryl methyl sites for hydroxylation is 3. The Bertz CT molecular complexity index is 1180. The second-order valence-corrected chi connectivity index (χ2v) is 5.98. The Kier molecular flexibility index (Phi) is 3.50. The molecule has 0 bridgehead atoms. The third-order valence-electron chi connectivity index (χ3n) is 4.08. The molecule has 4 aromatic heterocycles. The number of aromatic nitrogens is 5. The fourth-order valence-electron chi connectivity index (χ4n) is 2.88. The summed E-state index contributed by atoms with van der Waals surface area (Å²) in [5, 5.41) is 10.00. The van der Waals surface area contributed by atoms with E-state index in [2.05, 4.69) is 20.5 Å². The lowest BCUT2D eigenvalue weighted by molar-refractivity contribution is 0.102. The first-order valence-corrected chi connectivity index (χ1v) is 7.89. The SMILES string of the molecule is Cc1cc(C(=O)Nc2cc(-c3ccco3)nn2C)c2c(=O)[nH]n(C)c2n1. The molecule has 0 atom stereocenters. The number of H-pyrrole nitrogens is 1. The summed E-state index contributed by atoms with van der Waals surface area (Å²) in [5.74, 6) is 0.672. The number of hydrogen-bond donors (Lipinski definition) is 2. The van der Waals surface area contributed by atoms with Crippen molar-refractivity contribution in [2.75, 3.05) is 5.32 Å². The highest BCUT2D eigenvalue weighted by Gasteiger charge is 2.19. The molecule has 0 aromatic carbocycles. The van der Waals surface area contributed by atoms with Gasteiger partial charge in [-0.3, -0.25) is 24.1 Å². The van der Waals surface area contributed by atoms with E-state index in [4.69, 9.17) is 4.42 Å². The van der Waals surface area contributed by atoms with Crippen molar-refractivity contribution >= 4 is 22.8 Å². The van der Waals surface area contributed by atoms with Crippen LogP contribution in [0.25, 0.3) is 22.5 Å². The number of amides is 1. The van der Waals surface area contributed by atoms with Crippen molar-refractivity contribution in [3.05, 3.63) is 52.1 Å². The Morgan fingerprint density at radius 2 is 2.12 bits per heavy atom. The molecule has 0 spiro atoms. The van der Waals surface area contributed by atoms with Gasteiger partial charge in [-0.2, -0.15) is 5.10 Å². The lowest BCUT2D eigenvalue weighted by Gasteiger charge is -2.07. The first kappa shape index (κ1) is 15.9. The lowest BCUT2D eigenvalue weighted by Crippen LogP contribution is -2.17. The monoisotopic (exact) mass is 352 g/mol. The van der Waals surface area contributed by atoms with Crippen LogP contribution in [0.1, 0.15) is 16.1 Å². The van der Waals surface area contributed by atoms with E-state index in [1.165, 1.54) is 9.36 Å². The molecule has 0 radical (unpaired) electrons. The highest BCUT2D eigenvalue weighted by atomic mass is 16.3. The Hall–Kier alpha value is -3.62. The molecule has 26 heavy (non-hydrogen) atoms. The third kappa shape index (κ3) is 2.50. The molecule has 132 valence electrons. The van der Waals surface area contributed by atoms with Gasteiger partial charge < -0.3 is 9.73 Å². The molecule has 0 aliphatic carbocycles. The van der Waals surface area contributed by atoms with Gasteiger partial charge in [0.25, 0.3) is 11.5 Å². The van der Waals surface area contributed by atoms with Gasteiger partial charge in [-0.1, -0.05) is 0 Å². The molecule has 0 aliphatic heterocycles. The molecule has 4 aromatic rings. The van der Waals surface area contributed by atoms with Gasteiger partial charge in [0.15, 0.2) is 11.4 Å². The van der Waals surface area contributed by atoms with Gasteiger partial charge >= 0.3 is 0 Å². The van der Waals surface area contributed by atoms with E-state index >= 15 is 0 Å². The van der Waals surface area contributed by atoms with Crippen LogP contribution in [0.3, 0.4) is 0 Å². The molecule has 0 fully saturated rings. The Labute approximate surface area is 147 Å². The van der Waals surface area contributed by atoms with Gasteiger partial charge in [-0.25, -0.2) is 4.98 Å². The zero-order chi connectivity index (χ0) is 18.4. The number of aromatic amines is 1. The second-order valence-electron chi connectivity index (χ2n) is 5.98. The number of nitrogens with one attached hydrogen (secondary N) is 2. The van der Waals surface area contributed by atoms with Gasteiger partial charge in [-0.05, 0) is 25.1 Å². The zero-order valence-electron chi connectivity index (χ0n) is 14.4. The van der Waals surface area contributed by atoms with Crippen LogP contribution in [0.5, 0.6) is 0 Å². The van der Waals surface area contributed by atoms with Gasteiger partial charge in [-0.15, -0.1) is 0 Å². The topological polar surface area (TPSA) is 111 Å². The van der Waals surface area contributed by atoms with Gasteiger partial charge in [0.05, 0.1) is 17.2 Å². The summed E-state index contributed by atoms with van der Waals surface area (Å²) >= 11 is 0. The van der Waals surface area contributed by atoms with Crippen LogP contribution in [-0.2, 0) is 14.1 Å².